The zero-order valence-electron chi connectivity index (χ0n) is 15.8. The Balaban J connectivity index is 1.55. The summed E-state index contributed by atoms with van der Waals surface area (Å²) in [6.45, 7) is 3.73. The van der Waals surface area contributed by atoms with Gasteiger partial charge in [0.15, 0.2) is 5.96 Å². The first-order chi connectivity index (χ1) is 13.2. The Morgan fingerprint density at radius 3 is 2.85 bits per heavy atom. The monoisotopic (exact) mass is 373 g/mol. The smallest absolute Gasteiger partial charge is 0.191 e. The third kappa shape index (κ3) is 5.29. The molecule has 2 N–H and O–H groups in total. The molecule has 0 unspecified atom stereocenters. The van der Waals surface area contributed by atoms with E-state index in [9.17, 15) is 4.39 Å². The number of aromatic nitrogens is 2. The summed E-state index contributed by atoms with van der Waals surface area (Å²) in [5, 5.41) is 11.0. The van der Waals surface area contributed by atoms with Gasteiger partial charge in [-0.2, -0.15) is 5.10 Å². The standard InChI is InChI=1S/C20H28FN5O/c1-22-19(23-9-3-11-26-12-4-10-25-26)24-16-20(7-13-27-14-8-20)17-5-2-6-18(21)15-17/h2,4-6,10,12,15H,3,7-9,11,13-14,16H2,1H3,(H2,22,23,24). The van der Waals surface area contributed by atoms with Crippen molar-refractivity contribution in [1.82, 2.24) is 20.4 Å². The number of ether oxygens (including phenoxy) is 1. The molecule has 7 heteroatoms. The number of guanidine groups is 1. The molecular weight excluding hydrogens is 345 g/mol. The Morgan fingerprint density at radius 2 is 2.15 bits per heavy atom. The molecular formula is C20H28FN5O. The summed E-state index contributed by atoms with van der Waals surface area (Å²) in [5.74, 6) is 0.567. The fraction of sp³-hybridized carbons (Fsp3) is 0.500. The van der Waals surface area contributed by atoms with Crippen LogP contribution in [0.4, 0.5) is 4.39 Å². The van der Waals surface area contributed by atoms with Crippen LogP contribution in [-0.4, -0.2) is 49.1 Å². The van der Waals surface area contributed by atoms with E-state index in [2.05, 4.69) is 20.7 Å². The molecule has 0 bridgehead atoms. The predicted molar refractivity (Wildman–Crippen MR) is 104 cm³/mol. The minimum atomic E-state index is -0.195. The van der Waals surface area contributed by atoms with Gasteiger partial charge >= 0.3 is 0 Å². The SMILES string of the molecule is CN=C(NCCCn1cccn1)NCC1(c2cccc(F)c2)CCOCC1. The van der Waals surface area contributed by atoms with E-state index in [-0.39, 0.29) is 11.2 Å². The van der Waals surface area contributed by atoms with Crippen LogP contribution in [0.3, 0.4) is 0 Å². The number of benzene rings is 1. The van der Waals surface area contributed by atoms with Crippen LogP contribution in [0, 0.1) is 5.82 Å². The van der Waals surface area contributed by atoms with E-state index in [1.807, 2.05) is 23.0 Å². The molecule has 0 saturated carbocycles. The zero-order valence-corrected chi connectivity index (χ0v) is 15.8. The van der Waals surface area contributed by atoms with E-state index in [0.29, 0.717) is 19.8 Å². The minimum Gasteiger partial charge on any atom is -0.381 e. The Kier molecular flexibility index (Phi) is 6.81. The molecule has 0 radical (unpaired) electrons. The molecule has 0 amide bonds. The summed E-state index contributed by atoms with van der Waals surface area (Å²) in [6, 6.07) is 8.85. The number of hydrogen-bond donors (Lipinski definition) is 2. The van der Waals surface area contributed by atoms with Crippen molar-refractivity contribution in [2.75, 3.05) is 33.4 Å². The summed E-state index contributed by atoms with van der Waals surface area (Å²) in [5.41, 5.74) is 0.875. The van der Waals surface area contributed by atoms with Crippen LogP contribution in [0.5, 0.6) is 0 Å². The molecule has 0 atom stereocenters. The molecule has 1 fully saturated rings. The van der Waals surface area contributed by atoms with Crippen LogP contribution >= 0.6 is 0 Å². The second kappa shape index (κ2) is 9.50. The van der Waals surface area contributed by atoms with Gasteiger partial charge in [0, 0.05) is 57.7 Å². The molecule has 3 rings (SSSR count). The van der Waals surface area contributed by atoms with Gasteiger partial charge in [-0.25, -0.2) is 4.39 Å². The Labute approximate surface area is 159 Å². The molecule has 6 nitrogen and oxygen atoms in total. The average molecular weight is 373 g/mol. The Bertz CT molecular complexity index is 726. The van der Waals surface area contributed by atoms with Crippen LogP contribution in [-0.2, 0) is 16.7 Å². The maximum absolute atomic E-state index is 13.8. The van der Waals surface area contributed by atoms with Crippen molar-refractivity contribution in [3.8, 4) is 0 Å². The van der Waals surface area contributed by atoms with E-state index < -0.39 is 0 Å². The minimum absolute atomic E-state index is 0.146. The lowest BCUT2D eigenvalue weighted by Crippen LogP contribution is -2.48. The van der Waals surface area contributed by atoms with E-state index in [1.165, 1.54) is 6.07 Å². The summed E-state index contributed by atoms with van der Waals surface area (Å²) < 4.78 is 21.2. The maximum Gasteiger partial charge on any atom is 0.191 e. The van der Waals surface area contributed by atoms with E-state index in [0.717, 1.165) is 43.9 Å². The highest BCUT2D eigenvalue weighted by Crippen LogP contribution is 2.34. The largest absolute Gasteiger partial charge is 0.381 e. The molecule has 2 aromatic rings. The van der Waals surface area contributed by atoms with Crippen molar-refractivity contribution in [2.45, 2.75) is 31.2 Å². The second-order valence-electron chi connectivity index (χ2n) is 6.88. The first-order valence-corrected chi connectivity index (χ1v) is 9.48. The number of nitrogens with zero attached hydrogens (tertiary/aromatic N) is 3. The molecule has 2 heterocycles. The normalized spacial score (nSPS) is 16.9. The van der Waals surface area contributed by atoms with Gasteiger partial charge in [-0.15, -0.1) is 0 Å². The molecule has 0 spiro atoms. The van der Waals surface area contributed by atoms with Crippen LogP contribution in [0.15, 0.2) is 47.7 Å². The number of aryl methyl sites for hydroxylation is 1. The molecule has 1 aromatic heterocycles. The lowest BCUT2D eigenvalue weighted by Gasteiger charge is -2.38. The molecule has 1 saturated heterocycles. The fourth-order valence-electron chi connectivity index (χ4n) is 3.50. The van der Waals surface area contributed by atoms with Crippen molar-refractivity contribution in [2.24, 2.45) is 4.99 Å². The maximum atomic E-state index is 13.8. The van der Waals surface area contributed by atoms with Gasteiger partial charge < -0.3 is 15.4 Å². The highest BCUT2D eigenvalue weighted by atomic mass is 19.1. The second-order valence-corrected chi connectivity index (χ2v) is 6.88. The summed E-state index contributed by atoms with van der Waals surface area (Å²) in [6.07, 6.45) is 6.42. The Morgan fingerprint density at radius 1 is 1.30 bits per heavy atom. The first-order valence-electron chi connectivity index (χ1n) is 9.48. The topological polar surface area (TPSA) is 63.5 Å². The van der Waals surface area contributed by atoms with E-state index in [1.54, 1.807) is 25.4 Å². The highest BCUT2D eigenvalue weighted by Gasteiger charge is 2.34. The van der Waals surface area contributed by atoms with Gasteiger partial charge in [-0.05, 0) is 43.0 Å². The molecule has 0 aliphatic carbocycles. The molecule has 1 aliphatic heterocycles. The van der Waals surface area contributed by atoms with Gasteiger partial charge in [-0.1, -0.05) is 12.1 Å². The van der Waals surface area contributed by atoms with Gasteiger partial charge in [0.2, 0.25) is 0 Å². The van der Waals surface area contributed by atoms with E-state index >= 15 is 0 Å². The van der Waals surface area contributed by atoms with Gasteiger partial charge in [0.25, 0.3) is 0 Å². The first kappa shape index (κ1) is 19.4. The fourth-order valence-corrected chi connectivity index (χ4v) is 3.50. The Hall–Kier alpha value is -2.41. The van der Waals surface area contributed by atoms with Crippen molar-refractivity contribution in [1.29, 1.82) is 0 Å². The third-order valence-electron chi connectivity index (χ3n) is 5.12. The molecule has 1 aromatic carbocycles. The number of rotatable bonds is 7. The van der Waals surface area contributed by atoms with Crippen molar-refractivity contribution in [3.05, 3.63) is 54.1 Å². The predicted octanol–water partition coefficient (Wildman–Crippen LogP) is 2.33. The summed E-state index contributed by atoms with van der Waals surface area (Å²) >= 11 is 0. The number of nitrogens with one attached hydrogen (secondary N) is 2. The van der Waals surface area contributed by atoms with Crippen LogP contribution in [0.1, 0.15) is 24.8 Å². The van der Waals surface area contributed by atoms with Crippen molar-refractivity contribution in [3.63, 3.8) is 0 Å². The molecule has 1 aliphatic rings. The number of hydrogen-bond acceptors (Lipinski definition) is 3. The van der Waals surface area contributed by atoms with Crippen LogP contribution in [0.25, 0.3) is 0 Å². The van der Waals surface area contributed by atoms with Crippen molar-refractivity contribution < 1.29 is 9.13 Å². The molecule has 27 heavy (non-hydrogen) atoms. The van der Waals surface area contributed by atoms with Crippen LogP contribution in [0.2, 0.25) is 0 Å². The lowest BCUT2D eigenvalue weighted by atomic mass is 9.74. The quantitative estimate of drug-likeness (QED) is 0.444. The van der Waals surface area contributed by atoms with Crippen LogP contribution < -0.4 is 10.6 Å². The molecule has 146 valence electrons. The van der Waals surface area contributed by atoms with E-state index in [4.69, 9.17) is 4.74 Å². The third-order valence-corrected chi connectivity index (χ3v) is 5.12. The zero-order chi connectivity index (χ0) is 19.0. The van der Waals surface area contributed by atoms with Gasteiger partial charge in [0.05, 0.1) is 0 Å². The highest BCUT2D eigenvalue weighted by molar-refractivity contribution is 5.79. The van der Waals surface area contributed by atoms with Crippen molar-refractivity contribution >= 4 is 5.96 Å². The van der Waals surface area contributed by atoms with Gasteiger partial charge in [-0.3, -0.25) is 9.67 Å². The summed E-state index contributed by atoms with van der Waals surface area (Å²) in [7, 11) is 1.77. The van der Waals surface area contributed by atoms with Gasteiger partial charge in [0.1, 0.15) is 5.82 Å². The lowest BCUT2D eigenvalue weighted by molar-refractivity contribution is 0.0513. The number of halogens is 1. The number of aliphatic imine (C=N–C) groups is 1. The summed E-state index contributed by atoms with van der Waals surface area (Å²) in [4.78, 5) is 4.32. The average Bonchev–Trinajstić information content (AvgIpc) is 3.22.